The lowest BCUT2D eigenvalue weighted by Crippen LogP contribution is -2.14. The Morgan fingerprint density at radius 3 is 1.97 bits per heavy atom. The highest BCUT2D eigenvalue weighted by atomic mass is 32.2. The van der Waals surface area contributed by atoms with Gasteiger partial charge < -0.3 is 10.6 Å². The fourth-order valence-electron chi connectivity index (χ4n) is 3.14. The maximum Gasteiger partial charge on any atom is 0.234 e. The Labute approximate surface area is 198 Å². The maximum absolute atomic E-state index is 13.5. The van der Waals surface area contributed by atoms with E-state index in [4.69, 9.17) is 0 Å². The predicted molar refractivity (Wildman–Crippen MR) is 127 cm³/mol. The Hall–Kier alpha value is -4.05. The molecule has 0 unspecified atom stereocenters. The second kappa shape index (κ2) is 10.3. The topological polar surface area (TPSA) is 88.9 Å². The average molecular weight is 480 g/mol. The number of aromatic nitrogens is 3. The summed E-state index contributed by atoms with van der Waals surface area (Å²) in [6.07, 6.45) is 0. The monoisotopic (exact) mass is 479 g/mol. The Morgan fingerprint density at radius 2 is 1.38 bits per heavy atom. The van der Waals surface area contributed by atoms with Crippen molar-refractivity contribution in [3.63, 3.8) is 0 Å². The van der Waals surface area contributed by atoms with Crippen LogP contribution in [0.5, 0.6) is 0 Å². The number of hydrogen-bond acceptors (Lipinski definition) is 5. The number of benzene rings is 3. The van der Waals surface area contributed by atoms with Crippen LogP contribution >= 0.6 is 11.8 Å². The fraction of sp³-hybridized carbons (Fsp3) is 0.0833. The van der Waals surface area contributed by atoms with Gasteiger partial charge in [-0.1, -0.05) is 11.8 Å². The van der Waals surface area contributed by atoms with E-state index in [-0.39, 0.29) is 23.4 Å². The highest BCUT2D eigenvalue weighted by molar-refractivity contribution is 7.99. The SMILES string of the molecule is CC(=O)Nc1ccc(NC(=O)CSc2nnc(-c3ccc(F)cc3)n2-c2ccc(F)cc2)cc1. The number of carbonyl (C=O) groups is 2. The molecule has 0 saturated heterocycles. The van der Waals surface area contributed by atoms with Crippen molar-refractivity contribution in [1.29, 1.82) is 0 Å². The summed E-state index contributed by atoms with van der Waals surface area (Å²) in [7, 11) is 0. The smallest absolute Gasteiger partial charge is 0.234 e. The molecule has 0 aliphatic rings. The van der Waals surface area contributed by atoms with Gasteiger partial charge in [-0.15, -0.1) is 10.2 Å². The first kappa shape index (κ1) is 23.1. The van der Waals surface area contributed by atoms with E-state index in [9.17, 15) is 18.4 Å². The zero-order chi connectivity index (χ0) is 24.1. The van der Waals surface area contributed by atoms with Crippen molar-refractivity contribution in [3.8, 4) is 17.1 Å². The van der Waals surface area contributed by atoms with Crippen LogP contribution in [0.1, 0.15) is 6.92 Å². The van der Waals surface area contributed by atoms with Crippen molar-refractivity contribution in [1.82, 2.24) is 14.8 Å². The summed E-state index contributed by atoms with van der Waals surface area (Å²) in [6.45, 7) is 1.42. The molecule has 0 aliphatic carbocycles. The Morgan fingerprint density at radius 1 is 0.824 bits per heavy atom. The normalized spacial score (nSPS) is 10.7. The van der Waals surface area contributed by atoms with Crippen LogP contribution < -0.4 is 10.6 Å². The van der Waals surface area contributed by atoms with Gasteiger partial charge in [-0.3, -0.25) is 14.2 Å². The van der Waals surface area contributed by atoms with Crippen molar-refractivity contribution in [2.75, 3.05) is 16.4 Å². The molecule has 0 aliphatic heterocycles. The van der Waals surface area contributed by atoms with E-state index in [2.05, 4.69) is 20.8 Å². The van der Waals surface area contributed by atoms with Crippen molar-refractivity contribution in [2.45, 2.75) is 12.1 Å². The van der Waals surface area contributed by atoms with E-state index in [0.29, 0.717) is 33.6 Å². The zero-order valence-electron chi connectivity index (χ0n) is 18.0. The summed E-state index contributed by atoms with van der Waals surface area (Å²) in [6, 6.07) is 18.3. The predicted octanol–water partition coefficient (Wildman–Crippen LogP) is 4.90. The number of hydrogen-bond donors (Lipinski definition) is 2. The molecule has 0 fully saturated rings. The Kier molecular flexibility index (Phi) is 6.98. The number of halogens is 2. The molecule has 2 amide bonds. The standard InChI is InChI=1S/C24H19F2N5O2S/c1-15(32)27-19-8-10-20(11-9-19)28-22(33)14-34-24-30-29-23(16-2-4-17(25)5-3-16)31(24)21-12-6-18(26)7-13-21/h2-13H,14H2,1H3,(H,27,32)(H,28,33). The molecule has 0 radical (unpaired) electrons. The van der Waals surface area contributed by atoms with Crippen LogP contribution in [0, 0.1) is 11.6 Å². The Balaban J connectivity index is 1.52. The van der Waals surface area contributed by atoms with Crippen LogP contribution in [0.25, 0.3) is 17.1 Å². The lowest BCUT2D eigenvalue weighted by molar-refractivity contribution is -0.114. The van der Waals surface area contributed by atoms with Crippen LogP contribution in [0.2, 0.25) is 0 Å². The minimum absolute atomic E-state index is 0.0379. The molecule has 4 rings (SSSR count). The number of amides is 2. The molecule has 10 heteroatoms. The summed E-state index contributed by atoms with van der Waals surface area (Å²) in [5.41, 5.74) is 2.42. The van der Waals surface area contributed by atoms with Crippen LogP contribution in [0.4, 0.5) is 20.2 Å². The molecular weight excluding hydrogens is 460 g/mol. The van der Waals surface area contributed by atoms with Gasteiger partial charge >= 0.3 is 0 Å². The van der Waals surface area contributed by atoms with Crippen molar-refractivity contribution in [3.05, 3.63) is 84.4 Å². The molecule has 1 heterocycles. The molecule has 4 aromatic rings. The van der Waals surface area contributed by atoms with Gasteiger partial charge in [0.1, 0.15) is 11.6 Å². The zero-order valence-corrected chi connectivity index (χ0v) is 18.8. The van der Waals surface area contributed by atoms with Gasteiger partial charge in [-0.25, -0.2) is 8.78 Å². The van der Waals surface area contributed by atoms with Crippen molar-refractivity contribution >= 4 is 35.0 Å². The maximum atomic E-state index is 13.5. The summed E-state index contributed by atoms with van der Waals surface area (Å²) in [5.74, 6) is -0.752. The summed E-state index contributed by atoms with van der Waals surface area (Å²) >= 11 is 1.16. The van der Waals surface area contributed by atoms with Gasteiger partial charge in [0.05, 0.1) is 5.75 Å². The van der Waals surface area contributed by atoms with E-state index in [1.54, 1.807) is 53.1 Å². The second-order valence-electron chi connectivity index (χ2n) is 7.22. The lowest BCUT2D eigenvalue weighted by Gasteiger charge is -2.11. The van der Waals surface area contributed by atoms with E-state index in [1.165, 1.54) is 31.2 Å². The number of rotatable bonds is 7. The summed E-state index contributed by atoms with van der Waals surface area (Å²) < 4.78 is 28.6. The third-order valence-corrected chi connectivity index (χ3v) is 5.57. The molecule has 0 spiro atoms. The third kappa shape index (κ3) is 5.65. The number of carbonyl (C=O) groups excluding carboxylic acids is 2. The van der Waals surface area contributed by atoms with Gasteiger partial charge in [0.2, 0.25) is 11.8 Å². The van der Waals surface area contributed by atoms with Gasteiger partial charge in [-0.05, 0) is 72.8 Å². The molecule has 34 heavy (non-hydrogen) atoms. The van der Waals surface area contributed by atoms with Crippen molar-refractivity contribution < 1.29 is 18.4 Å². The van der Waals surface area contributed by atoms with Gasteiger partial charge in [0.25, 0.3) is 0 Å². The summed E-state index contributed by atoms with van der Waals surface area (Å²) in [5, 5.41) is 14.3. The van der Waals surface area contributed by atoms with E-state index < -0.39 is 5.82 Å². The first-order valence-electron chi connectivity index (χ1n) is 10.2. The minimum atomic E-state index is -0.391. The van der Waals surface area contributed by atoms with Gasteiger partial charge in [0, 0.05) is 29.5 Å². The molecule has 0 bridgehead atoms. The highest BCUT2D eigenvalue weighted by Gasteiger charge is 2.17. The number of anilines is 2. The molecule has 0 atom stereocenters. The Bertz CT molecular complexity index is 1310. The molecule has 0 saturated carbocycles. The summed E-state index contributed by atoms with van der Waals surface area (Å²) in [4.78, 5) is 23.6. The quantitative estimate of drug-likeness (QED) is 0.368. The van der Waals surface area contributed by atoms with Gasteiger partial charge in [0.15, 0.2) is 11.0 Å². The molecule has 7 nitrogen and oxygen atoms in total. The number of nitrogens with zero attached hydrogens (tertiary/aromatic N) is 3. The van der Waals surface area contributed by atoms with Crippen molar-refractivity contribution in [2.24, 2.45) is 0 Å². The number of nitrogens with one attached hydrogen (secondary N) is 2. The van der Waals surface area contributed by atoms with Crippen LogP contribution in [0.15, 0.2) is 78.0 Å². The van der Waals surface area contributed by atoms with Crippen LogP contribution in [0.3, 0.4) is 0 Å². The van der Waals surface area contributed by atoms with Crippen LogP contribution in [-0.2, 0) is 9.59 Å². The van der Waals surface area contributed by atoms with E-state index >= 15 is 0 Å². The largest absolute Gasteiger partial charge is 0.326 e. The van der Waals surface area contributed by atoms with Gasteiger partial charge in [-0.2, -0.15) is 0 Å². The highest BCUT2D eigenvalue weighted by Crippen LogP contribution is 2.28. The second-order valence-corrected chi connectivity index (χ2v) is 8.16. The van der Waals surface area contributed by atoms with E-state index in [0.717, 1.165) is 11.8 Å². The first-order valence-corrected chi connectivity index (χ1v) is 11.2. The minimum Gasteiger partial charge on any atom is -0.326 e. The lowest BCUT2D eigenvalue weighted by atomic mass is 10.2. The molecule has 3 aromatic carbocycles. The van der Waals surface area contributed by atoms with E-state index in [1.807, 2.05) is 0 Å². The molecule has 172 valence electrons. The molecule has 1 aromatic heterocycles. The first-order chi connectivity index (χ1) is 16.4. The molecule has 2 N–H and O–H groups in total. The third-order valence-electron chi connectivity index (χ3n) is 4.64. The average Bonchev–Trinajstić information content (AvgIpc) is 3.23. The van der Waals surface area contributed by atoms with Crippen LogP contribution in [-0.4, -0.2) is 32.3 Å². The fourth-order valence-corrected chi connectivity index (χ4v) is 3.89. The number of thioether (sulfide) groups is 1. The molecular formula is C24H19F2N5O2S.